The van der Waals surface area contributed by atoms with Gasteiger partial charge < -0.3 is 4.57 Å². The summed E-state index contributed by atoms with van der Waals surface area (Å²) in [5.41, 5.74) is 1.27. The standard InChI is InChI=1S/C7H11BrN2/c1-6(3-8)7-4-9-5-10(7)2/h4-6H,3H2,1-2H3. The number of halogens is 1. The summed E-state index contributed by atoms with van der Waals surface area (Å²) in [4.78, 5) is 4.03. The Bertz CT molecular complexity index is 207. The molecule has 0 saturated heterocycles. The van der Waals surface area contributed by atoms with E-state index in [1.165, 1.54) is 5.69 Å². The number of imidazole rings is 1. The van der Waals surface area contributed by atoms with Crippen LogP contribution in [-0.4, -0.2) is 14.9 Å². The third-order valence-corrected chi connectivity index (χ3v) is 2.56. The van der Waals surface area contributed by atoms with E-state index in [1.54, 1.807) is 0 Å². The molecular formula is C7H11BrN2. The predicted molar refractivity (Wildman–Crippen MR) is 45.4 cm³/mol. The van der Waals surface area contributed by atoms with E-state index in [1.807, 2.05) is 24.1 Å². The van der Waals surface area contributed by atoms with E-state index in [9.17, 15) is 0 Å². The Labute approximate surface area is 69.4 Å². The van der Waals surface area contributed by atoms with E-state index in [0.717, 1.165) is 5.33 Å². The number of hydrogen-bond donors (Lipinski definition) is 0. The average Bonchev–Trinajstić information content (AvgIpc) is 2.34. The molecule has 3 heteroatoms. The van der Waals surface area contributed by atoms with Crippen LogP contribution in [0.4, 0.5) is 0 Å². The minimum atomic E-state index is 0.549. The smallest absolute Gasteiger partial charge is 0.0945 e. The predicted octanol–water partition coefficient (Wildman–Crippen LogP) is 1.92. The van der Waals surface area contributed by atoms with Crippen molar-refractivity contribution in [2.24, 2.45) is 7.05 Å². The van der Waals surface area contributed by atoms with E-state index in [2.05, 4.69) is 27.8 Å². The fourth-order valence-corrected chi connectivity index (χ4v) is 1.25. The number of aromatic nitrogens is 2. The van der Waals surface area contributed by atoms with Crippen LogP contribution in [0.2, 0.25) is 0 Å². The van der Waals surface area contributed by atoms with Crippen LogP contribution >= 0.6 is 15.9 Å². The minimum Gasteiger partial charge on any atom is -0.337 e. The molecule has 1 heterocycles. The first-order chi connectivity index (χ1) is 4.75. The van der Waals surface area contributed by atoms with Gasteiger partial charge in [-0.15, -0.1) is 0 Å². The second-order valence-corrected chi connectivity index (χ2v) is 3.13. The molecule has 2 nitrogen and oxygen atoms in total. The summed E-state index contributed by atoms with van der Waals surface area (Å²) in [6.45, 7) is 2.17. The molecule has 10 heavy (non-hydrogen) atoms. The third-order valence-electron chi connectivity index (χ3n) is 1.59. The van der Waals surface area contributed by atoms with Gasteiger partial charge in [0.2, 0.25) is 0 Å². The molecule has 0 saturated carbocycles. The maximum absolute atomic E-state index is 4.03. The fraction of sp³-hybridized carbons (Fsp3) is 0.571. The molecule has 0 aliphatic carbocycles. The number of nitrogens with zero attached hydrogens (tertiary/aromatic N) is 2. The largest absolute Gasteiger partial charge is 0.337 e. The van der Waals surface area contributed by atoms with Crippen LogP contribution in [0.15, 0.2) is 12.5 Å². The molecule has 0 amide bonds. The monoisotopic (exact) mass is 202 g/mol. The number of alkyl halides is 1. The van der Waals surface area contributed by atoms with Gasteiger partial charge >= 0.3 is 0 Å². The van der Waals surface area contributed by atoms with Crippen molar-refractivity contribution in [2.45, 2.75) is 12.8 Å². The Morgan fingerprint density at radius 3 is 2.90 bits per heavy atom. The summed E-state index contributed by atoms with van der Waals surface area (Å²) in [7, 11) is 2.02. The Balaban J connectivity index is 2.82. The Morgan fingerprint density at radius 2 is 2.50 bits per heavy atom. The molecule has 1 rings (SSSR count). The van der Waals surface area contributed by atoms with Crippen molar-refractivity contribution in [3.63, 3.8) is 0 Å². The van der Waals surface area contributed by atoms with E-state index in [0.29, 0.717) is 5.92 Å². The maximum Gasteiger partial charge on any atom is 0.0945 e. The summed E-state index contributed by atoms with van der Waals surface area (Å²) < 4.78 is 2.05. The van der Waals surface area contributed by atoms with Crippen molar-refractivity contribution in [3.05, 3.63) is 18.2 Å². The molecular weight excluding hydrogens is 192 g/mol. The third kappa shape index (κ3) is 1.40. The molecule has 0 aromatic carbocycles. The molecule has 0 fully saturated rings. The molecule has 0 aliphatic rings. The summed E-state index contributed by atoms with van der Waals surface area (Å²) in [6.07, 6.45) is 3.74. The molecule has 1 aromatic rings. The van der Waals surface area contributed by atoms with Crippen LogP contribution in [0.3, 0.4) is 0 Å². The SMILES string of the molecule is CC(CBr)c1cncn1C. The van der Waals surface area contributed by atoms with Gasteiger partial charge in [0.05, 0.1) is 6.33 Å². The molecule has 0 radical (unpaired) electrons. The lowest BCUT2D eigenvalue weighted by Gasteiger charge is -2.06. The van der Waals surface area contributed by atoms with Gasteiger partial charge in [-0.05, 0) is 0 Å². The number of rotatable bonds is 2. The van der Waals surface area contributed by atoms with Crippen molar-refractivity contribution >= 4 is 15.9 Å². The molecule has 56 valence electrons. The molecule has 0 bridgehead atoms. The van der Waals surface area contributed by atoms with Gasteiger partial charge in [0.25, 0.3) is 0 Å². The number of aryl methyl sites for hydroxylation is 1. The normalized spacial score (nSPS) is 13.5. The van der Waals surface area contributed by atoms with Gasteiger partial charge in [-0.25, -0.2) is 4.98 Å². The van der Waals surface area contributed by atoms with Crippen LogP contribution in [0.1, 0.15) is 18.5 Å². The van der Waals surface area contributed by atoms with Crippen molar-refractivity contribution in [2.75, 3.05) is 5.33 Å². The highest BCUT2D eigenvalue weighted by Crippen LogP contribution is 2.15. The van der Waals surface area contributed by atoms with Crippen LogP contribution in [0.5, 0.6) is 0 Å². The molecule has 0 aliphatic heterocycles. The van der Waals surface area contributed by atoms with Gasteiger partial charge in [-0.2, -0.15) is 0 Å². The zero-order valence-corrected chi connectivity index (χ0v) is 7.80. The lowest BCUT2D eigenvalue weighted by atomic mass is 10.1. The molecule has 0 N–H and O–H groups in total. The maximum atomic E-state index is 4.03. The fourth-order valence-electron chi connectivity index (χ4n) is 0.921. The lowest BCUT2D eigenvalue weighted by molar-refractivity contribution is 0.751. The van der Waals surface area contributed by atoms with Crippen molar-refractivity contribution in [1.29, 1.82) is 0 Å². The first kappa shape index (κ1) is 7.79. The quantitative estimate of drug-likeness (QED) is 0.671. The zero-order valence-electron chi connectivity index (χ0n) is 6.21. The van der Waals surface area contributed by atoms with Gasteiger partial charge in [-0.3, -0.25) is 0 Å². The summed E-state index contributed by atoms with van der Waals surface area (Å²) in [5.74, 6) is 0.549. The van der Waals surface area contributed by atoms with Crippen LogP contribution in [-0.2, 0) is 7.05 Å². The van der Waals surface area contributed by atoms with Crippen LogP contribution < -0.4 is 0 Å². The highest BCUT2D eigenvalue weighted by molar-refractivity contribution is 9.09. The second kappa shape index (κ2) is 3.19. The summed E-state index contributed by atoms with van der Waals surface area (Å²) in [6, 6.07) is 0. The second-order valence-electron chi connectivity index (χ2n) is 2.48. The average molecular weight is 203 g/mol. The molecule has 1 atom stereocenters. The van der Waals surface area contributed by atoms with Gasteiger partial charge in [0, 0.05) is 30.2 Å². The van der Waals surface area contributed by atoms with Crippen LogP contribution in [0, 0.1) is 0 Å². The van der Waals surface area contributed by atoms with Crippen molar-refractivity contribution in [3.8, 4) is 0 Å². The topological polar surface area (TPSA) is 17.8 Å². The molecule has 1 aromatic heterocycles. The van der Waals surface area contributed by atoms with E-state index in [-0.39, 0.29) is 0 Å². The van der Waals surface area contributed by atoms with Crippen molar-refractivity contribution < 1.29 is 0 Å². The van der Waals surface area contributed by atoms with Gasteiger partial charge in [-0.1, -0.05) is 22.9 Å². The Hall–Kier alpha value is -0.310. The highest BCUT2D eigenvalue weighted by atomic mass is 79.9. The Kier molecular flexibility index (Phi) is 2.49. The molecule has 0 spiro atoms. The highest BCUT2D eigenvalue weighted by Gasteiger charge is 2.05. The van der Waals surface area contributed by atoms with E-state index >= 15 is 0 Å². The Morgan fingerprint density at radius 1 is 1.80 bits per heavy atom. The number of hydrogen-bond acceptors (Lipinski definition) is 1. The van der Waals surface area contributed by atoms with E-state index in [4.69, 9.17) is 0 Å². The summed E-state index contributed by atoms with van der Waals surface area (Å²) >= 11 is 3.43. The van der Waals surface area contributed by atoms with Gasteiger partial charge in [0.15, 0.2) is 0 Å². The van der Waals surface area contributed by atoms with Crippen LogP contribution in [0.25, 0.3) is 0 Å². The lowest BCUT2D eigenvalue weighted by Crippen LogP contribution is -2.00. The first-order valence-corrected chi connectivity index (χ1v) is 4.40. The van der Waals surface area contributed by atoms with Crippen molar-refractivity contribution in [1.82, 2.24) is 9.55 Å². The molecule has 1 unspecified atom stereocenters. The van der Waals surface area contributed by atoms with E-state index < -0.39 is 0 Å². The zero-order chi connectivity index (χ0) is 7.56. The van der Waals surface area contributed by atoms with Gasteiger partial charge in [0.1, 0.15) is 0 Å². The first-order valence-electron chi connectivity index (χ1n) is 3.28. The minimum absolute atomic E-state index is 0.549. The summed E-state index contributed by atoms with van der Waals surface area (Å²) in [5, 5.41) is 0.993.